The minimum Gasteiger partial charge on any atom is -0.366 e. The largest absolute Gasteiger partial charge is 0.366 e. The van der Waals surface area contributed by atoms with Gasteiger partial charge in [-0.2, -0.15) is 0 Å². The third-order valence-corrected chi connectivity index (χ3v) is 4.00. The summed E-state index contributed by atoms with van der Waals surface area (Å²) in [4.78, 5) is 11.1. The summed E-state index contributed by atoms with van der Waals surface area (Å²) in [5, 5.41) is 3.57. The maximum Gasteiger partial charge on any atom is 0.248 e. The molecule has 1 aromatic rings. The molecule has 0 spiro atoms. The van der Waals surface area contributed by atoms with Crippen molar-refractivity contribution in [2.75, 3.05) is 0 Å². The van der Waals surface area contributed by atoms with Crippen LogP contribution in [-0.4, -0.2) is 11.9 Å². The van der Waals surface area contributed by atoms with Crippen LogP contribution in [0.4, 0.5) is 0 Å². The van der Waals surface area contributed by atoms with Gasteiger partial charge >= 0.3 is 0 Å². The first kappa shape index (κ1) is 15.7. The highest BCUT2D eigenvalue weighted by molar-refractivity contribution is 5.93. The number of carbonyl (C=O) groups is 1. The molecule has 1 unspecified atom stereocenters. The number of hydrogen-bond donors (Lipinski definition) is 2. The van der Waals surface area contributed by atoms with Crippen LogP contribution in [0.1, 0.15) is 55.1 Å². The second-order valence-electron chi connectivity index (χ2n) is 5.25. The predicted molar refractivity (Wildman–Crippen MR) is 80.1 cm³/mol. The second kappa shape index (κ2) is 7.29. The molecule has 19 heavy (non-hydrogen) atoms. The van der Waals surface area contributed by atoms with E-state index in [1.54, 1.807) is 6.07 Å². The average molecular weight is 262 g/mol. The van der Waals surface area contributed by atoms with Crippen molar-refractivity contribution < 1.29 is 4.79 Å². The molecular formula is C16H26N2O. The van der Waals surface area contributed by atoms with E-state index in [9.17, 15) is 4.79 Å². The number of primary amides is 1. The second-order valence-corrected chi connectivity index (χ2v) is 5.25. The van der Waals surface area contributed by atoms with Gasteiger partial charge in [0.25, 0.3) is 0 Å². The quantitative estimate of drug-likeness (QED) is 0.793. The van der Waals surface area contributed by atoms with Crippen LogP contribution in [0.15, 0.2) is 18.2 Å². The van der Waals surface area contributed by atoms with Crippen LogP contribution in [0.3, 0.4) is 0 Å². The van der Waals surface area contributed by atoms with Crippen molar-refractivity contribution in [3.05, 3.63) is 34.9 Å². The monoisotopic (exact) mass is 262 g/mol. The highest BCUT2D eigenvalue weighted by Crippen LogP contribution is 2.15. The Morgan fingerprint density at radius 3 is 2.42 bits per heavy atom. The van der Waals surface area contributed by atoms with Crippen molar-refractivity contribution in [2.45, 2.75) is 53.1 Å². The third-order valence-electron chi connectivity index (χ3n) is 4.00. The van der Waals surface area contributed by atoms with E-state index in [4.69, 9.17) is 5.73 Å². The lowest BCUT2D eigenvalue weighted by Gasteiger charge is -2.23. The summed E-state index contributed by atoms with van der Waals surface area (Å²) in [5.74, 6) is 0.346. The van der Waals surface area contributed by atoms with Gasteiger partial charge in [0.2, 0.25) is 5.91 Å². The summed E-state index contributed by atoms with van der Waals surface area (Å²) >= 11 is 0. The van der Waals surface area contributed by atoms with Crippen molar-refractivity contribution >= 4 is 5.91 Å². The number of nitrogens with one attached hydrogen (secondary N) is 1. The lowest BCUT2D eigenvalue weighted by Crippen LogP contribution is -2.32. The number of rotatable bonds is 7. The van der Waals surface area contributed by atoms with Crippen LogP contribution >= 0.6 is 0 Å². The number of nitrogens with two attached hydrogens (primary N) is 1. The minimum absolute atomic E-state index is 0.368. The summed E-state index contributed by atoms with van der Waals surface area (Å²) in [5.41, 5.74) is 8.19. The average Bonchev–Trinajstić information content (AvgIpc) is 2.38. The molecular weight excluding hydrogens is 236 g/mol. The van der Waals surface area contributed by atoms with E-state index in [-0.39, 0.29) is 5.91 Å². The van der Waals surface area contributed by atoms with Gasteiger partial charge in [-0.1, -0.05) is 32.8 Å². The molecule has 0 saturated carbocycles. The molecule has 1 aromatic carbocycles. The fourth-order valence-corrected chi connectivity index (χ4v) is 2.48. The maximum atomic E-state index is 11.1. The number of carbonyl (C=O) groups excluding carboxylic acids is 1. The number of hydrogen-bond acceptors (Lipinski definition) is 2. The zero-order valence-corrected chi connectivity index (χ0v) is 12.5. The van der Waals surface area contributed by atoms with E-state index in [0.717, 1.165) is 12.1 Å². The Labute approximate surface area is 116 Å². The lowest BCUT2D eigenvalue weighted by molar-refractivity contribution is 0.1000. The molecule has 0 saturated heterocycles. The summed E-state index contributed by atoms with van der Waals surface area (Å²) in [7, 11) is 0. The Balaban J connectivity index is 2.65. The number of aryl methyl sites for hydroxylation is 1. The van der Waals surface area contributed by atoms with Gasteiger partial charge in [-0.25, -0.2) is 0 Å². The molecule has 0 aliphatic carbocycles. The molecule has 0 radical (unpaired) electrons. The van der Waals surface area contributed by atoms with E-state index >= 15 is 0 Å². The zero-order valence-electron chi connectivity index (χ0n) is 12.5. The van der Waals surface area contributed by atoms with Gasteiger partial charge in [-0.05, 0) is 43.0 Å². The zero-order chi connectivity index (χ0) is 14.4. The lowest BCUT2D eigenvalue weighted by atomic mass is 9.95. The Hall–Kier alpha value is -1.35. The number of benzene rings is 1. The summed E-state index contributed by atoms with van der Waals surface area (Å²) < 4.78 is 0. The third kappa shape index (κ3) is 4.35. The van der Waals surface area contributed by atoms with Crippen LogP contribution < -0.4 is 11.1 Å². The SMILES string of the molecule is CCC(CC)C(C)NCc1ccc(C(N)=O)cc1C. The normalized spacial score (nSPS) is 12.7. The van der Waals surface area contributed by atoms with Gasteiger partial charge in [0, 0.05) is 18.2 Å². The Bertz CT molecular complexity index is 425. The Morgan fingerprint density at radius 1 is 1.32 bits per heavy atom. The first-order chi connectivity index (χ1) is 8.99. The molecule has 0 aliphatic rings. The summed E-state index contributed by atoms with van der Waals surface area (Å²) in [6.07, 6.45) is 2.40. The van der Waals surface area contributed by atoms with E-state index in [2.05, 4.69) is 26.1 Å². The van der Waals surface area contributed by atoms with Gasteiger partial charge in [0.15, 0.2) is 0 Å². The van der Waals surface area contributed by atoms with Crippen molar-refractivity contribution in [2.24, 2.45) is 11.7 Å². The highest BCUT2D eigenvalue weighted by atomic mass is 16.1. The topological polar surface area (TPSA) is 55.1 Å². The molecule has 0 aliphatic heterocycles. The Morgan fingerprint density at radius 2 is 1.95 bits per heavy atom. The molecule has 0 heterocycles. The molecule has 1 atom stereocenters. The Kier molecular flexibility index (Phi) is 6.03. The molecule has 0 aromatic heterocycles. The van der Waals surface area contributed by atoms with Crippen LogP contribution in [0.5, 0.6) is 0 Å². The maximum absolute atomic E-state index is 11.1. The molecule has 0 bridgehead atoms. The molecule has 0 fully saturated rings. The van der Waals surface area contributed by atoms with Gasteiger partial charge in [-0.3, -0.25) is 4.79 Å². The van der Waals surface area contributed by atoms with Crippen molar-refractivity contribution in [3.63, 3.8) is 0 Å². The molecule has 3 heteroatoms. The van der Waals surface area contributed by atoms with Crippen LogP contribution in [-0.2, 0) is 6.54 Å². The van der Waals surface area contributed by atoms with Crippen molar-refractivity contribution in [1.29, 1.82) is 0 Å². The smallest absolute Gasteiger partial charge is 0.248 e. The van der Waals surface area contributed by atoms with Crippen molar-refractivity contribution in [3.8, 4) is 0 Å². The fraction of sp³-hybridized carbons (Fsp3) is 0.562. The number of amides is 1. The molecule has 1 rings (SSSR count). The van der Waals surface area contributed by atoms with E-state index < -0.39 is 0 Å². The summed E-state index contributed by atoms with van der Waals surface area (Å²) in [6.45, 7) is 9.57. The molecule has 3 nitrogen and oxygen atoms in total. The van der Waals surface area contributed by atoms with Crippen LogP contribution in [0.2, 0.25) is 0 Å². The standard InChI is InChI=1S/C16H26N2O/c1-5-13(6-2)12(4)18-10-15-8-7-14(16(17)19)9-11(15)3/h7-9,12-13,18H,5-6,10H2,1-4H3,(H2,17,19). The van der Waals surface area contributed by atoms with Gasteiger partial charge < -0.3 is 11.1 Å². The molecule has 1 amide bonds. The van der Waals surface area contributed by atoms with E-state index in [1.807, 2.05) is 19.1 Å². The van der Waals surface area contributed by atoms with Crippen LogP contribution in [0.25, 0.3) is 0 Å². The summed E-state index contributed by atoms with van der Waals surface area (Å²) in [6, 6.07) is 6.15. The first-order valence-corrected chi connectivity index (χ1v) is 7.12. The van der Waals surface area contributed by atoms with Gasteiger partial charge in [-0.15, -0.1) is 0 Å². The van der Waals surface area contributed by atoms with E-state index in [0.29, 0.717) is 17.5 Å². The van der Waals surface area contributed by atoms with Crippen molar-refractivity contribution in [1.82, 2.24) is 5.32 Å². The highest BCUT2D eigenvalue weighted by Gasteiger charge is 2.13. The van der Waals surface area contributed by atoms with Gasteiger partial charge in [0.1, 0.15) is 0 Å². The molecule has 3 N–H and O–H groups in total. The fourth-order valence-electron chi connectivity index (χ4n) is 2.48. The van der Waals surface area contributed by atoms with Crippen LogP contribution in [0, 0.1) is 12.8 Å². The van der Waals surface area contributed by atoms with E-state index in [1.165, 1.54) is 18.4 Å². The predicted octanol–water partition coefficient (Wildman–Crippen LogP) is 3.01. The minimum atomic E-state index is -0.368. The molecule has 106 valence electrons. The van der Waals surface area contributed by atoms with Gasteiger partial charge in [0.05, 0.1) is 0 Å². The first-order valence-electron chi connectivity index (χ1n) is 7.12.